The van der Waals surface area contributed by atoms with Crippen molar-refractivity contribution in [2.45, 2.75) is 56.0 Å². The number of benzene rings is 1. The van der Waals surface area contributed by atoms with E-state index in [-0.39, 0.29) is 17.1 Å². The van der Waals surface area contributed by atoms with Crippen LogP contribution in [0.3, 0.4) is 0 Å². The molecule has 1 saturated heterocycles. The van der Waals surface area contributed by atoms with Gasteiger partial charge in [0.1, 0.15) is 0 Å². The molecule has 2 aromatic rings. The quantitative estimate of drug-likeness (QED) is 0.658. The first kappa shape index (κ1) is 22.1. The fourth-order valence-electron chi connectivity index (χ4n) is 6.06. The van der Waals surface area contributed by atoms with Gasteiger partial charge in [-0.2, -0.15) is 0 Å². The molecule has 0 unspecified atom stereocenters. The Bertz CT molecular complexity index is 966. The van der Waals surface area contributed by atoms with Crippen molar-refractivity contribution in [2.24, 2.45) is 5.92 Å². The highest BCUT2D eigenvalue weighted by molar-refractivity contribution is 5.95. The summed E-state index contributed by atoms with van der Waals surface area (Å²) in [6.45, 7) is 1.57. The lowest BCUT2D eigenvalue weighted by Gasteiger charge is -2.51. The predicted octanol–water partition coefficient (Wildman–Crippen LogP) is 4.30. The highest BCUT2D eigenvalue weighted by Crippen LogP contribution is 2.50. The Kier molecular flexibility index (Phi) is 5.77. The third-order valence-electron chi connectivity index (χ3n) is 8.44. The molecule has 1 aliphatic heterocycles. The third-order valence-corrected chi connectivity index (χ3v) is 8.44. The van der Waals surface area contributed by atoms with Crippen LogP contribution in [0.5, 0.6) is 6.01 Å². The normalized spacial score (nSPS) is 27.9. The average Bonchev–Trinajstić information content (AvgIpc) is 3.08. The first-order valence-electron chi connectivity index (χ1n) is 12.2. The zero-order valence-electron chi connectivity index (χ0n) is 20.0. The number of methoxy groups -OCH3 is 1. The van der Waals surface area contributed by atoms with Gasteiger partial charge in [0, 0.05) is 12.1 Å². The molecule has 1 aromatic heterocycles. The van der Waals surface area contributed by atoms with Crippen molar-refractivity contribution < 1.29 is 9.53 Å². The van der Waals surface area contributed by atoms with Gasteiger partial charge < -0.3 is 9.64 Å². The first-order valence-corrected chi connectivity index (χ1v) is 12.2. The number of urea groups is 1. The molecule has 7 nitrogen and oxygen atoms in total. The molecule has 33 heavy (non-hydrogen) atoms. The van der Waals surface area contributed by atoms with Crippen LogP contribution in [0.1, 0.15) is 50.5 Å². The molecule has 2 heterocycles. The summed E-state index contributed by atoms with van der Waals surface area (Å²) in [4.78, 5) is 28.7. The summed E-state index contributed by atoms with van der Waals surface area (Å²) in [5.41, 5.74) is 2.00. The summed E-state index contributed by atoms with van der Waals surface area (Å²) in [5, 5.41) is 0. The Labute approximate surface area is 196 Å². The molecular formula is C26H35N5O2. The first-order chi connectivity index (χ1) is 16.0. The van der Waals surface area contributed by atoms with Crippen LogP contribution in [0.2, 0.25) is 0 Å². The Morgan fingerprint density at radius 3 is 2.27 bits per heavy atom. The highest BCUT2D eigenvalue weighted by atomic mass is 16.5. The largest absolute Gasteiger partial charge is 0.467 e. The van der Waals surface area contributed by atoms with Crippen LogP contribution in [0.15, 0.2) is 42.7 Å². The fourth-order valence-corrected chi connectivity index (χ4v) is 6.06. The number of carbonyl (C=O) groups is 1. The molecule has 7 heteroatoms. The van der Waals surface area contributed by atoms with E-state index >= 15 is 0 Å². The second-order valence-electron chi connectivity index (χ2n) is 10.2. The van der Waals surface area contributed by atoms with Crippen LogP contribution >= 0.6 is 0 Å². The van der Waals surface area contributed by atoms with E-state index in [1.54, 1.807) is 19.5 Å². The summed E-state index contributed by atoms with van der Waals surface area (Å²) in [6.07, 6.45) is 11.2. The molecular weight excluding hydrogens is 414 g/mol. The lowest BCUT2D eigenvalue weighted by Crippen LogP contribution is -2.56. The van der Waals surface area contributed by atoms with Gasteiger partial charge >= 0.3 is 12.0 Å². The van der Waals surface area contributed by atoms with E-state index in [9.17, 15) is 4.79 Å². The average molecular weight is 450 g/mol. The summed E-state index contributed by atoms with van der Waals surface area (Å²) >= 11 is 0. The minimum absolute atomic E-state index is 0.00828. The topological polar surface area (TPSA) is 61.8 Å². The molecule has 0 bridgehead atoms. The second-order valence-corrected chi connectivity index (χ2v) is 10.2. The second kappa shape index (κ2) is 8.60. The SMILES string of the molecule is COc1ncc(N2C[C@]3(CC[C@](c4ccccc4)(N(C)C)CC3)N(CC3CCC3)C2=O)cn1. The number of amides is 2. The van der Waals surface area contributed by atoms with Gasteiger partial charge in [0.05, 0.1) is 37.3 Å². The lowest BCUT2D eigenvalue weighted by atomic mass is 9.68. The Hall–Kier alpha value is -2.67. The number of hydrogen-bond donors (Lipinski definition) is 0. The predicted molar refractivity (Wildman–Crippen MR) is 128 cm³/mol. The Morgan fingerprint density at radius 2 is 1.73 bits per heavy atom. The molecule has 1 aromatic carbocycles. The number of anilines is 1. The molecule has 176 valence electrons. The van der Waals surface area contributed by atoms with Crippen LogP contribution in [0.25, 0.3) is 0 Å². The summed E-state index contributed by atoms with van der Waals surface area (Å²) in [6, 6.07) is 11.3. The molecule has 1 spiro atoms. The summed E-state index contributed by atoms with van der Waals surface area (Å²) in [7, 11) is 5.94. The van der Waals surface area contributed by atoms with Gasteiger partial charge in [0.2, 0.25) is 0 Å². The minimum Gasteiger partial charge on any atom is -0.467 e. The molecule has 2 saturated carbocycles. The van der Waals surface area contributed by atoms with Crippen LogP contribution in [-0.4, -0.2) is 65.6 Å². The van der Waals surface area contributed by atoms with Crippen LogP contribution < -0.4 is 9.64 Å². The maximum absolute atomic E-state index is 13.7. The molecule has 0 atom stereocenters. The van der Waals surface area contributed by atoms with Gasteiger partial charge in [-0.15, -0.1) is 0 Å². The van der Waals surface area contributed by atoms with Crippen molar-refractivity contribution in [3.05, 3.63) is 48.3 Å². The molecule has 3 fully saturated rings. The van der Waals surface area contributed by atoms with E-state index in [4.69, 9.17) is 4.74 Å². The fraction of sp³-hybridized carbons (Fsp3) is 0.577. The molecule has 2 amide bonds. The lowest BCUT2D eigenvalue weighted by molar-refractivity contribution is 0.0172. The zero-order valence-corrected chi connectivity index (χ0v) is 20.0. The molecule has 0 N–H and O–H groups in total. The van der Waals surface area contributed by atoms with Gasteiger partial charge in [0.15, 0.2) is 0 Å². The number of ether oxygens (including phenoxy) is 1. The summed E-state index contributed by atoms with van der Waals surface area (Å²) in [5.74, 6) is 0.632. The van der Waals surface area contributed by atoms with Gasteiger partial charge in [0.25, 0.3) is 0 Å². The van der Waals surface area contributed by atoms with Gasteiger partial charge in [-0.05, 0) is 64.1 Å². The Balaban J connectivity index is 1.44. The van der Waals surface area contributed by atoms with Crippen molar-refractivity contribution >= 4 is 11.7 Å². The van der Waals surface area contributed by atoms with Crippen LogP contribution in [0, 0.1) is 5.92 Å². The van der Waals surface area contributed by atoms with Crippen LogP contribution in [0.4, 0.5) is 10.5 Å². The standard InChI is InChI=1S/C26H35N5O2/c1-29(2)26(21-10-5-4-6-11-21)14-12-25(13-15-26)19-30(22-16-27-23(33-3)28-17-22)24(32)31(25)18-20-8-7-9-20/h4-6,10-11,16-17,20H,7-9,12-15,18-19H2,1-3H3/t25-,26+. The van der Waals surface area contributed by atoms with E-state index in [1.165, 1.54) is 24.8 Å². The molecule has 5 rings (SSSR count). The number of hydrogen-bond acceptors (Lipinski definition) is 5. The summed E-state index contributed by atoms with van der Waals surface area (Å²) < 4.78 is 5.11. The molecule has 3 aliphatic rings. The maximum Gasteiger partial charge on any atom is 0.325 e. The van der Waals surface area contributed by atoms with Crippen LogP contribution in [-0.2, 0) is 5.54 Å². The van der Waals surface area contributed by atoms with Gasteiger partial charge in [-0.25, -0.2) is 14.8 Å². The number of nitrogens with zero attached hydrogens (tertiary/aromatic N) is 5. The molecule has 2 aliphatic carbocycles. The number of carbonyl (C=O) groups excluding carboxylic acids is 1. The van der Waals surface area contributed by atoms with Crippen molar-refractivity contribution in [3.63, 3.8) is 0 Å². The van der Waals surface area contributed by atoms with Crippen molar-refractivity contribution in [2.75, 3.05) is 39.2 Å². The Morgan fingerprint density at radius 1 is 1.06 bits per heavy atom. The third kappa shape index (κ3) is 3.76. The zero-order chi connectivity index (χ0) is 23.1. The van der Waals surface area contributed by atoms with Gasteiger partial charge in [-0.3, -0.25) is 9.80 Å². The highest BCUT2D eigenvalue weighted by Gasteiger charge is 2.55. The maximum atomic E-state index is 13.7. The smallest absolute Gasteiger partial charge is 0.325 e. The van der Waals surface area contributed by atoms with E-state index in [1.807, 2.05) is 4.90 Å². The van der Waals surface area contributed by atoms with Crippen molar-refractivity contribution in [3.8, 4) is 6.01 Å². The van der Waals surface area contributed by atoms with Crippen molar-refractivity contribution in [1.82, 2.24) is 19.8 Å². The van der Waals surface area contributed by atoms with E-state index in [0.717, 1.165) is 37.9 Å². The van der Waals surface area contributed by atoms with E-state index in [2.05, 4.69) is 64.2 Å². The minimum atomic E-state index is -0.138. The van der Waals surface area contributed by atoms with Crippen molar-refractivity contribution in [1.29, 1.82) is 0 Å². The van der Waals surface area contributed by atoms with Gasteiger partial charge in [-0.1, -0.05) is 36.8 Å². The van der Waals surface area contributed by atoms with E-state index < -0.39 is 0 Å². The molecule has 0 radical (unpaired) electrons. The van der Waals surface area contributed by atoms with E-state index in [0.29, 0.717) is 18.5 Å². The number of aromatic nitrogens is 2. The monoisotopic (exact) mass is 449 g/mol. The number of rotatable bonds is 6.